The number of carbonyl (C=O) groups is 2. The van der Waals surface area contributed by atoms with Gasteiger partial charge in [-0.05, 0) is 28.4 Å². The Hall–Kier alpha value is -2.21. The van der Waals surface area contributed by atoms with E-state index in [9.17, 15) is 18.4 Å². The highest BCUT2D eigenvalue weighted by molar-refractivity contribution is 6.32. The number of halogens is 3. The Morgan fingerprint density at radius 1 is 1.14 bits per heavy atom. The maximum absolute atomic E-state index is 12.7. The monoisotopic (exact) mass is 327 g/mol. The summed E-state index contributed by atoms with van der Waals surface area (Å²) in [5.74, 6) is -3.28. The summed E-state index contributed by atoms with van der Waals surface area (Å²) in [5, 5.41) is -3.05. The number of anilines is 1. The van der Waals surface area contributed by atoms with Crippen molar-refractivity contribution in [2.45, 2.75) is 5.38 Å². The molecule has 0 bridgehead atoms. The molecule has 0 heterocycles. The van der Waals surface area contributed by atoms with Gasteiger partial charge < -0.3 is 9.64 Å². The molecule has 0 atom stereocenters. The van der Waals surface area contributed by atoms with Gasteiger partial charge in [0.1, 0.15) is 0 Å². The lowest BCUT2D eigenvalue weighted by Gasteiger charge is -2.18. The molecule has 2 rings (SSSR count). The minimum absolute atomic E-state index is 0.0253. The van der Waals surface area contributed by atoms with E-state index in [0.29, 0.717) is 16.5 Å². The molecule has 0 aliphatic rings. The third-order valence-corrected chi connectivity index (χ3v) is 3.16. The van der Waals surface area contributed by atoms with Crippen LogP contribution in [-0.4, -0.2) is 31.4 Å². The van der Waals surface area contributed by atoms with Gasteiger partial charge in [0.15, 0.2) is 0 Å². The van der Waals surface area contributed by atoms with Gasteiger partial charge in [-0.1, -0.05) is 30.3 Å². The maximum atomic E-state index is 12.7. The second-order valence-electron chi connectivity index (χ2n) is 4.75. The SMILES string of the molecule is CN(C)c1ccc2ccccc2c1C(=O)OC(=O)C(F)(F)Cl. The van der Waals surface area contributed by atoms with E-state index < -0.39 is 17.3 Å². The molecular weight excluding hydrogens is 316 g/mol. The summed E-state index contributed by atoms with van der Waals surface area (Å²) in [7, 11) is 3.36. The zero-order chi connectivity index (χ0) is 16.5. The zero-order valence-electron chi connectivity index (χ0n) is 11.8. The van der Waals surface area contributed by atoms with Crippen LogP contribution in [-0.2, 0) is 9.53 Å². The smallest absolute Gasteiger partial charge is 0.384 e. The maximum Gasteiger partial charge on any atom is 0.418 e. The van der Waals surface area contributed by atoms with Crippen molar-refractivity contribution in [3.63, 3.8) is 0 Å². The predicted molar refractivity (Wildman–Crippen MR) is 79.5 cm³/mol. The van der Waals surface area contributed by atoms with Crippen molar-refractivity contribution in [3.05, 3.63) is 42.0 Å². The number of ether oxygens (including phenoxy) is 1. The van der Waals surface area contributed by atoms with Gasteiger partial charge in [0.2, 0.25) is 0 Å². The summed E-state index contributed by atoms with van der Waals surface area (Å²) in [6.45, 7) is 0. The Balaban J connectivity index is 2.54. The molecule has 0 saturated carbocycles. The van der Waals surface area contributed by atoms with Crippen molar-refractivity contribution in [1.29, 1.82) is 0 Å². The molecule has 0 N–H and O–H groups in total. The summed E-state index contributed by atoms with van der Waals surface area (Å²) in [6.07, 6.45) is 0. The van der Waals surface area contributed by atoms with Gasteiger partial charge in [-0.15, -0.1) is 0 Å². The first-order valence-electron chi connectivity index (χ1n) is 6.24. The Morgan fingerprint density at radius 3 is 2.36 bits per heavy atom. The molecule has 0 aliphatic carbocycles. The summed E-state index contributed by atoms with van der Waals surface area (Å²) in [4.78, 5) is 24.9. The van der Waals surface area contributed by atoms with Crippen LogP contribution in [0.3, 0.4) is 0 Å². The first kappa shape index (κ1) is 16.2. The number of fused-ring (bicyclic) bond motifs is 1. The summed E-state index contributed by atoms with van der Waals surface area (Å²) in [5.41, 5.74) is 0.465. The molecule has 7 heteroatoms. The topological polar surface area (TPSA) is 46.6 Å². The van der Waals surface area contributed by atoms with Crippen molar-refractivity contribution in [3.8, 4) is 0 Å². The fraction of sp³-hybridized carbons (Fsp3) is 0.200. The molecule has 2 aromatic rings. The molecule has 0 radical (unpaired) electrons. The van der Waals surface area contributed by atoms with Crippen molar-refractivity contribution < 1.29 is 23.1 Å². The van der Waals surface area contributed by atoms with Gasteiger partial charge in [-0.25, -0.2) is 9.59 Å². The van der Waals surface area contributed by atoms with Crippen LogP contribution in [0.15, 0.2) is 36.4 Å². The van der Waals surface area contributed by atoms with Crippen LogP contribution < -0.4 is 4.90 Å². The van der Waals surface area contributed by atoms with E-state index in [1.807, 2.05) is 0 Å². The molecule has 0 amide bonds. The molecule has 2 aromatic carbocycles. The van der Waals surface area contributed by atoms with E-state index in [1.54, 1.807) is 55.4 Å². The lowest BCUT2D eigenvalue weighted by atomic mass is 10.0. The van der Waals surface area contributed by atoms with E-state index in [0.717, 1.165) is 0 Å². The molecule has 0 saturated heterocycles. The van der Waals surface area contributed by atoms with Gasteiger partial charge in [0.25, 0.3) is 0 Å². The van der Waals surface area contributed by atoms with Crippen LogP contribution in [0.25, 0.3) is 10.8 Å². The number of benzene rings is 2. The Labute approximate surface area is 130 Å². The second kappa shape index (κ2) is 5.88. The van der Waals surface area contributed by atoms with Crippen molar-refractivity contribution >= 4 is 40.0 Å². The molecule has 0 fully saturated rings. The van der Waals surface area contributed by atoms with Crippen molar-refractivity contribution in [1.82, 2.24) is 0 Å². The van der Waals surface area contributed by atoms with Crippen LogP contribution in [0.4, 0.5) is 14.5 Å². The van der Waals surface area contributed by atoms with E-state index in [2.05, 4.69) is 16.3 Å². The lowest BCUT2D eigenvalue weighted by Crippen LogP contribution is -2.28. The van der Waals surface area contributed by atoms with Gasteiger partial charge in [-0.2, -0.15) is 8.78 Å². The third kappa shape index (κ3) is 3.17. The molecule has 0 aliphatic heterocycles. The fourth-order valence-electron chi connectivity index (χ4n) is 2.04. The number of hydrogen-bond donors (Lipinski definition) is 0. The van der Waals surface area contributed by atoms with Crippen LogP contribution in [0.2, 0.25) is 0 Å². The van der Waals surface area contributed by atoms with Crippen LogP contribution in [0, 0.1) is 0 Å². The molecular formula is C15H12ClF2NO3. The van der Waals surface area contributed by atoms with Crippen molar-refractivity contribution in [2.24, 2.45) is 0 Å². The minimum Gasteiger partial charge on any atom is -0.384 e. The molecule has 22 heavy (non-hydrogen) atoms. The quantitative estimate of drug-likeness (QED) is 0.492. The molecule has 0 aromatic heterocycles. The number of alkyl halides is 3. The number of nitrogens with zero attached hydrogens (tertiary/aromatic N) is 1. The second-order valence-corrected chi connectivity index (χ2v) is 5.22. The van der Waals surface area contributed by atoms with Gasteiger partial charge >= 0.3 is 17.3 Å². The number of hydrogen-bond acceptors (Lipinski definition) is 4. The molecule has 0 unspecified atom stereocenters. The Bertz CT molecular complexity index is 741. The van der Waals surface area contributed by atoms with Crippen LogP contribution in [0.1, 0.15) is 10.4 Å². The largest absolute Gasteiger partial charge is 0.418 e. The Kier molecular flexibility index (Phi) is 4.32. The highest BCUT2D eigenvalue weighted by Crippen LogP contribution is 2.30. The molecule has 4 nitrogen and oxygen atoms in total. The van der Waals surface area contributed by atoms with Gasteiger partial charge in [-0.3, -0.25) is 0 Å². The summed E-state index contributed by atoms with van der Waals surface area (Å²) < 4.78 is 29.6. The lowest BCUT2D eigenvalue weighted by molar-refractivity contribution is -0.154. The fourth-order valence-corrected chi connectivity index (χ4v) is 2.08. The van der Waals surface area contributed by atoms with E-state index in [4.69, 9.17) is 0 Å². The average Bonchev–Trinajstić information content (AvgIpc) is 2.44. The van der Waals surface area contributed by atoms with E-state index in [-0.39, 0.29) is 5.56 Å². The highest BCUT2D eigenvalue weighted by atomic mass is 35.5. The summed E-state index contributed by atoms with van der Waals surface area (Å²) in [6, 6.07) is 10.3. The number of rotatable bonds is 3. The van der Waals surface area contributed by atoms with Gasteiger partial charge in [0, 0.05) is 14.1 Å². The molecule has 0 spiro atoms. The summed E-state index contributed by atoms with van der Waals surface area (Å²) >= 11 is 4.57. The van der Waals surface area contributed by atoms with Crippen LogP contribution in [0.5, 0.6) is 0 Å². The van der Waals surface area contributed by atoms with Gasteiger partial charge in [0.05, 0.1) is 11.3 Å². The normalized spacial score (nSPS) is 11.3. The zero-order valence-corrected chi connectivity index (χ0v) is 12.5. The number of esters is 2. The molecule has 116 valence electrons. The van der Waals surface area contributed by atoms with Crippen molar-refractivity contribution in [2.75, 3.05) is 19.0 Å². The van der Waals surface area contributed by atoms with E-state index >= 15 is 0 Å². The minimum atomic E-state index is -4.25. The third-order valence-electron chi connectivity index (χ3n) is 3.01. The predicted octanol–water partition coefficient (Wildman–Crippen LogP) is 3.42. The van der Waals surface area contributed by atoms with E-state index in [1.165, 1.54) is 0 Å². The number of carbonyl (C=O) groups excluding carboxylic acids is 2. The first-order valence-corrected chi connectivity index (χ1v) is 6.62. The highest BCUT2D eigenvalue weighted by Gasteiger charge is 2.40. The van der Waals surface area contributed by atoms with Crippen LogP contribution >= 0.6 is 11.6 Å². The Morgan fingerprint density at radius 2 is 1.77 bits per heavy atom. The average molecular weight is 328 g/mol. The first-order chi connectivity index (χ1) is 10.2. The standard InChI is InChI=1S/C15H12ClF2NO3/c1-19(2)11-8-7-9-5-3-4-6-10(9)12(11)13(20)22-14(21)15(16,17)18/h3-8H,1-2H3.